The van der Waals surface area contributed by atoms with Crippen molar-refractivity contribution in [1.29, 1.82) is 0 Å². The standard InChI is InChI=1S/C24H27ClFN5O2S/c1-16(30-12-4-3-5-13-30)23-28-29-24(31(23)19-9-6-17(26)7-10-19)34-15-22(32)27-18-8-11-21(33-2)20(25)14-18/h6-11,14,16H,3-5,12-13,15H2,1-2H3,(H,27,32). The van der Waals surface area contributed by atoms with Crippen molar-refractivity contribution in [2.24, 2.45) is 0 Å². The van der Waals surface area contributed by atoms with Crippen LogP contribution in [0.2, 0.25) is 5.02 Å². The minimum atomic E-state index is -0.311. The number of methoxy groups -OCH3 is 1. The van der Waals surface area contributed by atoms with Crippen molar-refractivity contribution in [3.05, 3.63) is 59.1 Å². The summed E-state index contributed by atoms with van der Waals surface area (Å²) < 4.78 is 20.7. The number of carbonyl (C=O) groups excluding carboxylic acids is 1. The summed E-state index contributed by atoms with van der Waals surface area (Å²) in [5, 5.41) is 12.7. The van der Waals surface area contributed by atoms with Gasteiger partial charge in [-0.1, -0.05) is 29.8 Å². The molecular formula is C24H27ClFN5O2S. The predicted molar refractivity (Wildman–Crippen MR) is 133 cm³/mol. The molecule has 1 aromatic heterocycles. The summed E-state index contributed by atoms with van der Waals surface area (Å²) in [6.07, 6.45) is 3.56. The Balaban J connectivity index is 1.52. The molecule has 1 amide bonds. The molecule has 2 heterocycles. The molecule has 1 aliphatic rings. The van der Waals surface area contributed by atoms with E-state index in [9.17, 15) is 9.18 Å². The van der Waals surface area contributed by atoms with Crippen molar-refractivity contribution >= 4 is 35.0 Å². The van der Waals surface area contributed by atoms with Gasteiger partial charge in [0, 0.05) is 11.4 Å². The molecule has 0 aliphatic carbocycles. The molecule has 10 heteroatoms. The summed E-state index contributed by atoms with van der Waals surface area (Å²) in [7, 11) is 1.54. The van der Waals surface area contributed by atoms with Gasteiger partial charge in [0.1, 0.15) is 11.6 Å². The van der Waals surface area contributed by atoms with E-state index in [1.807, 2.05) is 4.57 Å². The number of benzene rings is 2. The minimum absolute atomic E-state index is 0.0440. The van der Waals surface area contributed by atoms with Gasteiger partial charge in [-0.2, -0.15) is 0 Å². The molecule has 1 N–H and O–H groups in total. The van der Waals surface area contributed by atoms with Crippen LogP contribution in [0.5, 0.6) is 5.75 Å². The molecule has 1 unspecified atom stereocenters. The number of thioether (sulfide) groups is 1. The summed E-state index contributed by atoms with van der Waals surface area (Å²) in [5.74, 6) is 0.927. The molecule has 0 bridgehead atoms. The summed E-state index contributed by atoms with van der Waals surface area (Å²) in [6, 6.07) is 11.4. The van der Waals surface area contributed by atoms with E-state index in [0.29, 0.717) is 21.6 Å². The van der Waals surface area contributed by atoms with Crippen molar-refractivity contribution in [2.45, 2.75) is 37.4 Å². The van der Waals surface area contributed by atoms with E-state index in [2.05, 4.69) is 27.3 Å². The second kappa shape index (κ2) is 11.2. The van der Waals surface area contributed by atoms with E-state index >= 15 is 0 Å². The topological polar surface area (TPSA) is 72.3 Å². The van der Waals surface area contributed by atoms with Gasteiger partial charge in [-0.3, -0.25) is 14.3 Å². The van der Waals surface area contributed by atoms with Gasteiger partial charge in [-0.25, -0.2) is 4.39 Å². The highest BCUT2D eigenvalue weighted by molar-refractivity contribution is 7.99. The van der Waals surface area contributed by atoms with Gasteiger partial charge in [-0.15, -0.1) is 10.2 Å². The second-order valence-electron chi connectivity index (χ2n) is 8.11. The zero-order valence-electron chi connectivity index (χ0n) is 19.1. The summed E-state index contributed by atoms with van der Waals surface area (Å²) in [4.78, 5) is 15.0. The fraction of sp³-hybridized carbons (Fsp3) is 0.375. The molecule has 1 atom stereocenters. The summed E-state index contributed by atoms with van der Waals surface area (Å²) in [5.41, 5.74) is 1.34. The number of carbonyl (C=O) groups is 1. The summed E-state index contributed by atoms with van der Waals surface area (Å²) >= 11 is 7.43. The van der Waals surface area contributed by atoms with Gasteiger partial charge in [0.15, 0.2) is 11.0 Å². The van der Waals surface area contributed by atoms with Crippen LogP contribution in [0.25, 0.3) is 5.69 Å². The van der Waals surface area contributed by atoms with Crippen LogP contribution in [0.1, 0.15) is 38.1 Å². The van der Waals surface area contributed by atoms with E-state index in [4.69, 9.17) is 16.3 Å². The Morgan fingerprint density at radius 1 is 1.18 bits per heavy atom. The van der Waals surface area contributed by atoms with Crippen LogP contribution >= 0.6 is 23.4 Å². The van der Waals surface area contributed by atoms with Crippen LogP contribution in [0, 0.1) is 5.82 Å². The first-order chi connectivity index (χ1) is 16.5. The SMILES string of the molecule is COc1ccc(NC(=O)CSc2nnc(C(C)N3CCCCC3)n2-c2ccc(F)cc2)cc1Cl. The number of nitrogens with one attached hydrogen (secondary N) is 1. The van der Waals surface area contributed by atoms with E-state index < -0.39 is 0 Å². The first kappa shape index (κ1) is 24.5. The number of ether oxygens (including phenoxy) is 1. The number of piperidine rings is 1. The van der Waals surface area contributed by atoms with Gasteiger partial charge in [-0.05, 0) is 75.3 Å². The smallest absolute Gasteiger partial charge is 0.234 e. The maximum Gasteiger partial charge on any atom is 0.234 e. The molecule has 3 aromatic rings. The number of anilines is 1. The van der Waals surface area contributed by atoms with Crippen LogP contribution in [0.3, 0.4) is 0 Å². The monoisotopic (exact) mass is 503 g/mol. The zero-order chi connectivity index (χ0) is 24.1. The van der Waals surface area contributed by atoms with E-state index in [1.54, 1.807) is 30.3 Å². The van der Waals surface area contributed by atoms with Gasteiger partial charge in [0.2, 0.25) is 5.91 Å². The van der Waals surface area contributed by atoms with Gasteiger partial charge in [0.25, 0.3) is 0 Å². The fourth-order valence-electron chi connectivity index (χ4n) is 4.02. The number of nitrogens with zero attached hydrogens (tertiary/aromatic N) is 4. The molecule has 0 radical (unpaired) electrons. The third-order valence-corrected chi connectivity index (χ3v) is 7.05. The number of likely N-dealkylation sites (tertiary alicyclic amines) is 1. The van der Waals surface area contributed by atoms with Crippen molar-refractivity contribution in [3.63, 3.8) is 0 Å². The Hall–Kier alpha value is -2.62. The molecule has 1 aliphatic heterocycles. The van der Waals surface area contributed by atoms with E-state index in [0.717, 1.165) is 37.4 Å². The maximum absolute atomic E-state index is 13.6. The lowest BCUT2D eigenvalue weighted by molar-refractivity contribution is -0.113. The van der Waals surface area contributed by atoms with Gasteiger partial charge in [0.05, 0.1) is 23.9 Å². The largest absolute Gasteiger partial charge is 0.495 e. The molecule has 1 fully saturated rings. The van der Waals surface area contributed by atoms with E-state index in [1.165, 1.54) is 37.4 Å². The van der Waals surface area contributed by atoms with Crippen LogP contribution in [-0.4, -0.2) is 51.5 Å². The lowest BCUT2D eigenvalue weighted by atomic mass is 10.1. The average molecular weight is 504 g/mol. The highest BCUT2D eigenvalue weighted by Gasteiger charge is 2.26. The molecule has 1 saturated heterocycles. The molecule has 180 valence electrons. The summed E-state index contributed by atoms with van der Waals surface area (Å²) in [6.45, 7) is 4.13. The fourth-order valence-corrected chi connectivity index (χ4v) is 5.04. The number of aromatic nitrogens is 3. The first-order valence-electron chi connectivity index (χ1n) is 11.2. The minimum Gasteiger partial charge on any atom is -0.495 e. The maximum atomic E-state index is 13.6. The number of rotatable bonds is 8. The Labute approximate surface area is 207 Å². The molecule has 0 saturated carbocycles. The van der Waals surface area contributed by atoms with Crippen molar-refractivity contribution in [3.8, 4) is 11.4 Å². The second-order valence-corrected chi connectivity index (χ2v) is 9.46. The Morgan fingerprint density at radius 2 is 1.91 bits per heavy atom. The number of hydrogen-bond acceptors (Lipinski definition) is 6. The average Bonchev–Trinajstić information content (AvgIpc) is 3.27. The predicted octanol–water partition coefficient (Wildman–Crippen LogP) is 5.35. The third-order valence-electron chi connectivity index (χ3n) is 5.82. The van der Waals surface area contributed by atoms with Gasteiger partial charge >= 0.3 is 0 Å². The Kier molecular flexibility index (Phi) is 8.07. The number of hydrogen-bond donors (Lipinski definition) is 1. The number of halogens is 2. The van der Waals surface area contributed by atoms with Crippen LogP contribution < -0.4 is 10.1 Å². The Bertz CT molecular complexity index is 1130. The zero-order valence-corrected chi connectivity index (χ0v) is 20.7. The molecule has 2 aromatic carbocycles. The molecular weight excluding hydrogens is 477 g/mol. The van der Waals surface area contributed by atoms with Crippen LogP contribution in [0.4, 0.5) is 10.1 Å². The normalized spacial score (nSPS) is 15.2. The lowest BCUT2D eigenvalue weighted by Gasteiger charge is -2.31. The highest BCUT2D eigenvalue weighted by atomic mass is 35.5. The quantitative estimate of drug-likeness (QED) is 0.418. The van der Waals surface area contributed by atoms with Crippen LogP contribution in [0.15, 0.2) is 47.6 Å². The third kappa shape index (κ3) is 5.71. The van der Waals surface area contributed by atoms with Crippen LogP contribution in [-0.2, 0) is 4.79 Å². The first-order valence-corrected chi connectivity index (χ1v) is 12.5. The number of amides is 1. The Morgan fingerprint density at radius 3 is 2.59 bits per heavy atom. The van der Waals surface area contributed by atoms with Gasteiger partial charge < -0.3 is 10.1 Å². The van der Waals surface area contributed by atoms with E-state index in [-0.39, 0.29) is 23.5 Å². The van der Waals surface area contributed by atoms with Crippen molar-refractivity contribution < 1.29 is 13.9 Å². The van der Waals surface area contributed by atoms with Crippen molar-refractivity contribution in [1.82, 2.24) is 19.7 Å². The molecule has 7 nitrogen and oxygen atoms in total. The molecule has 34 heavy (non-hydrogen) atoms. The molecule has 4 rings (SSSR count). The molecule has 0 spiro atoms. The van der Waals surface area contributed by atoms with Crippen molar-refractivity contribution in [2.75, 3.05) is 31.3 Å². The highest BCUT2D eigenvalue weighted by Crippen LogP contribution is 2.30. The lowest BCUT2D eigenvalue weighted by Crippen LogP contribution is -2.33.